The zero-order valence-corrected chi connectivity index (χ0v) is 10.8. The largest absolute Gasteiger partial charge is 0.377 e. The van der Waals surface area contributed by atoms with Gasteiger partial charge in [0.05, 0.1) is 6.10 Å². The van der Waals surface area contributed by atoms with Gasteiger partial charge in [0, 0.05) is 12.6 Å². The number of likely N-dealkylation sites (N-methyl/N-ethyl adjacent to an activating group) is 1. The fraction of sp³-hybridized carbons (Fsp3) is 1.00. The van der Waals surface area contributed by atoms with Gasteiger partial charge >= 0.3 is 0 Å². The molecule has 1 N–H and O–H groups in total. The number of nitrogens with one attached hydrogen (secondary N) is 1. The van der Waals surface area contributed by atoms with E-state index in [0.29, 0.717) is 18.1 Å². The van der Waals surface area contributed by atoms with Crippen molar-refractivity contribution in [1.82, 2.24) is 5.32 Å². The zero-order chi connectivity index (χ0) is 11.4. The van der Waals surface area contributed by atoms with Crippen LogP contribution in [0.15, 0.2) is 0 Å². The molecule has 0 radical (unpaired) electrons. The molecule has 0 fully saturated rings. The van der Waals surface area contributed by atoms with Crippen molar-refractivity contribution in [3.05, 3.63) is 0 Å². The molecule has 0 aliphatic carbocycles. The molecule has 86 valence electrons. The van der Waals surface area contributed by atoms with Gasteiger partial charge in [0.15, 0.2) is 0 Å². The molecule has 0 saturated carbocycles. The standard InChI is InChI=1S/C12H27NO/c1-8-14-10(9(2)3)11(13-7)12(4,5)6/h9-11,13H,8H2,1-7H3. The second-order valence-corrected chi connectivity index (χ2v) is 5.30. The first-order chi connectivity index (χ1) is 6.34. The molecule has 2 nitrogen and oxygen atoms in total. The van der Waals surface area contributed by atoms with Crippen LogP contribution in [0, 0.1) is 11.3 Å². The molecule has 0 saturated heterocycles. The van der Waals surface area contributed by atoms with Crippen molar-refractivity contribution in [2.24, 2.45) is 11.3 Å². The van der Waals surface area contributed by atoms with Gasteiger partial charge in [-0.3, -0.25) is 0 Å². The summed E-state index contributed by atoms with van der Waals surface area (Å²) < 4.78 is 5.82. The van der Waals surface area contributed by atoms with Gasteiger partial charge in [-0.15, -0.1) is 0 Å². The molecule has 0 aliphatic rings. The summed E-state index contributed by atoms with van der Waals surface area (Å²) in [5, 5.41) is 3.38. The molecule has 0 aliphatic heterocycles. The highest BCUT2D eigenvalue weighted by Crippen LogP contribution is 2.26. The summed E-state index contributed by atoms with van der Waals surface area (Å²) in [6.07, 6.45) is 0.296. The van der Waals surface area contributed by atoms with Crippen molar-refractivity contribution < 1.29 is 4.74 Å². The van der Waals surface area contributed by atoms with E-state index in [2.05, 4.69) is 46.9 Å². The predicted molar refractivity (Wildman–Crippen MR) is 62.6 cm³/mol. The molecule has 0 bridgehead atoms. The van der Waals surface area contributed by atoms with E-state index in [-0.39, 0.29) is 5.41 Å². The second kappa shape index (κ2) is 5.72. The van der Waals surface area contributed by atoms with Crippen LogP contribution in [0.3, 0.4) is 0 Å². The topological polar surface area (TPSA) is 21.3 Å². The van der Waals surface area contributed by atoms with Crippen LogP contribution in [0.4, 0.5) is 0 Å². The lowest BCUT2D eigenvalue weighted by atomic mass is 9.80. The summed E-state index contributed by atoms with van der Waals surface area (Å²) in [4.78, 5) is 0. The van der Waals surface area contributed by atoms with E-state index in [1.807, 2.05) is 7.05 Å². The first kappa shape index (κ1) is 13.9. The number of rotatable bonds is 5. The van der Waals surface area contributed by atoms with Crippen LogP contribution in [-0.2, 0) is 4.74 Å². The van der Waals surface area contributed by atoms with Crippen LogP contribution < -0.4 is 5.32 Å². The SMILES string of the molecule is CCOC(C(C)C)C(NC)C(C)(C)C. The molecule has 0 aromatic heterocycles. The van der Waals surface area contributed by atoms with Gasteiger partial charge in [0.1, 0.15) is 0 Å². The van der Waals surface area contributed by atoms with Crippen LogP contribution in [0.5, 0.6) is 0 Å². The first-order valence-corrected chi connectivity index (χ1v) is 5.63. The summed E-state index contributed by atoms with van der Waals surface area (Å²) in [5.41, 5.74) is 0.235. The second-order valence-electron chi connectivity index (χ2n) is 5.30. The molecule has 0 aromatic carbocycles. The maximum absolute atomic E-state index is 5.82. The molecule has 2 atom stereocenters. The van der Waals surface area contributed by atoms with Crippen LogP contribution in [0.2, 0.25) is 0 Å². The average molecular weight is 201 g/mol. The molecule has 0 aromatic rings. The fourth-order valence-electron chi connectivity index (χ4n) is 1.96. The van der Waals surface area contributed by atoms with Gasteiger partial charge in [-0.2, -0.15) is 0 Å². The van der Waals surface area contributed by atoms with E-state index in [0.717, 1.165) is 6.61 Å². The molecule has 0 rings (SSSR count). The van der Waals surface area contributed by atoms with Gasteiger partial charge < -0.3 is 10.1 Å². The van der Waals surface area contributed by atoms with E-state index in [9.17, 15) is 0 Å². The van der Waals surface area contributed by atoms with E-state index in [1.165, 1.54) is 0 Å². The van der Waals surface area contributed by atoms with Gasteiger partial charge in [-0.25, -0.2) is 0 Å². The zero-order valence-electron chi connectivity index (χ0n) is 10.8. The Morgan fingerprint density at radius 2 is 1.71 bits per heavy atom. The van der Waals surface area contributed by atoms with E-state index >= 15 is 0 Å². The quantitative estimate of drug-likeness (QED) is 0.738. The van der Waals surface area contributed by atoms with E-state index < -0.39 is 0 Å². The highest BCUT2D eigenvalue weighted by molar-refractivity contribution is 4.88. The Morgan fingerprint density at radius 1 is 1.21 bits per heavy atom. The summed E-state index contributed by atoms with van der Waals surface area (Å²) in [7, 11) is 2.02. The highest BCUT2D eigenvalue weighted by Gasteiger charge is 2.33. The summed E-state index contributed by atoms with van der Waals surface area (Å²) in [5.74, 6) is 0.548. The Hall–Kier alpha value is -0.0800. The Bertz CT molecular complexity index is 149. The molecule has 2 unspecified atom stereocenters. The Balaban J connectivity index is 4.58. The average Bonchev–Trinajstić information content (AvgIpc) is 2.01. The summed E-state index contributed by atoms with van der Waals surface area (Å²) in [6, 6.07) is 0.405. The minimum atomic E-state index is 0.235. The monoisotopic (exact) mass is 201 g/mol. The van der Waals surface area contributed by atoms with Crippen LogP contribution in [0.25, 0.3) is 0 Å². The highest BCUT2D eigenvalue weighted by atomic mass is 16.5. The number of hydrogen-bond acceptors (Lipinski definition) is 2. The maximum Gasteiger partial charge on any atom is 0.0755 e. The summed E-state index contributed by atoms with van der Waals surface area (Å²) in [6.45, 7) is 14.0. The van der Waals surface area contributed by atoms with Crippen molar-refractivity contribution in [3.8, 4) is 0 Å². The number of ether oxygens (including phenoxy) is 1. The lowest BCUT2D eigenvalue weighted by molar-refractivity contribution is -0.0227. The smallest absolute Gasteiger partial charge is 0.0755 e. The molecule has 2 heteroatoms. The fourth-order valence-corrected chi connectivity index (χ4v) is 1.96. The van der Waals surface area contributed by atoms with Crippen LogP contribution >= 0.6 is 0 Å². The van der Waals surface area contributed by atoms with E-state index in [1.54, 1.807) is 0 Å². The maximum atomic E-state index is 5.82. The van der Waals surface area contributed by atoms with Crippen LogP contribution in [0.1, 0.15) is 41.5 Å². The van der Waals surface area contributed by atoms with E-state index in [4.69, 9.17) is 4.74 Å². The molecule has 14 heavy (non-hydrogen) atoms. The van der Waals surface area contributed by atoms with Crippen molar-refractivity contribution in [2.75, 3.05) is 13.7 Å². The van der Waals surface area contributed by atoms with Crippen molar-refractivity contribution in [3.63, 3.8) is 0 Å². The Kier molecular flexibility index (Phi) is 5.68. The molecule has 0 amide bonds. The minimum Gasteiger partial charge on any atom is -0.377 e. The molecule has 0 spiro atoms. The Morgan fingerprint density at radius 3 is 1.93 bits per heavy atom. The molecular formula is C12H27NO. The van der Waals surface area contributed by atoms with Crippen LogP contribution in [-0.4, -0.2) is 25.8 Å². The van der Waals surface area contributed by atoms with Gasteiger partial charge in [0.25, 0.3) is 0 Å². The normalized spacial score (nSPS) is 17.1. The van der Waals surface area contributed by atoms with Gasteiger partial charge in [0.2, 0.25) is 0 Å². The predicted octanol–water partition coefficient (Wildman–Crippen LogP) is 2.68. The third kappa shape index (κ3) is 3.97. The molecule has 0 heterocycles. The third-order valence-electron chi connectivity index (χ3n) is 2.59. The van der Waals surface area contributed by atoms with Gasteiger partial charge in [-0.05, 0) is 25.3 Å². The summed E-state index contributed by atoms with van der Waals surface area (Å²) >= 11 is 0. The number of hydrogen-bond donors (Lipinski definition) is 1. The third-order valence-corrected chi connectivity index (χ3v) is 2.59. The molecular weight excluding hydrogens is 174 g/mol. The van der Waals surface area contributed by atoms with Crippen molar-refractivity contribution in [1.29, 1.82) is 0 Å². The minimum absolute atomic E-state index is 0.235. The Labute approximate surface area is 89.4 Å². The first-order valence-electron chi connectivity index (χ1n) is 5.63. The lowest BCUT2D eigenvalue weighted by Crippen LogP contribution is -2.50. The lowest BCUT2D eigenvalue weighted by Gasteiger charge is -2.38. The van der Waals surface area contributed by atoms with Gasteiger partial charge in [-0.1, -0.05) is 34.6 Å². The van der Waals surface area contributed by atoms with Crippen molar-refractivity contribution >= 4 is 0 Å². The van der Waals surface area contributed by atoms with Crippen molar-refractivity contribution in [2.45, 2.75) is 53.7 Å².